The first kappa shape index (κ1) is 39.1. The van der Waals surface area contributed by atoms with Gasteiger partial charge in [-0.05, 0) is 113 Å². The van der Waals surface area contributed by atoms with E-state index in [9.17, 15) is 14.7 Å². The van der Waals surface area contributed by atoms with Gasteiger partial charge < -0.3 is 14.6 Å². The monoisotopic (exact) mass is 939 g/mol. The molecule has 5 aromatic rings. The number of amides is 4. The van der Waals surface area contributed by atoms with Crippen LogP contribution in [0.15, 0.2) is 127 Å². The minimum atomic E-state index is -1.64. The van der Waals surface area contributed by atoms with Crippen LogP contribution in [0.5, 0.6) is 17.2 Å². The first-order valence-corrected chi connectivity index (χ1v) is 20.9. The Hall–Kier alpha value is -5.37. The van der Waals surface area contributed by atoms with E-state index in [-0.39, 0.29) is 47.7 Å². The van der Waals surface area contributed by atoms with Gasteiger partial charge in [0.15, 0.2) is 0 Å². The molecule has 13 heteroatoms. The van der Waals surface area contributed by atoms with Gasteiger partial charge in [0.2, 0.25) is 11.8 Å². The van der Waals surface area contributed by atoms with E-state index in [1.165, 1.54) is 24.1 Å². The highest BCUT2D eigenvalue weighted by Gasteiger charge is 2.70. The summed E-state index contributed by atoms with van der Waals surface area (Å²) in [5.74, 6) is -5.16. The van der Waals surface area contributed by atoms with E-state index in [4.69, 9.17) is 32.7 Å². The molecule has 5 aromatic carbocycles. The number of halogens is 3. The molecule has 2 aliphatic carbocycles. The number of phenols is 1. The second kappa shape index (κ2) is 15.3. The van der Waals surface area contributed by atoms with Crippen LogP contribution < -0.4 is 19.8 Å². The van der Waals surface area contributed by atoms with Crippen LogP contribution in [0.4, 0.5) is 11.4 Å². The Morgan fingerprint density at radius 1 is 0.831 bits per heavy atom. The second-order valence-corrected chi connectivity index (χ2v) is 17.3. The zero-order valence-corrected chi connectivity index (χ0v) is 35.1. The summed E-state index contributed by atoms with van der Waals surface area (Å²) in [4.78, 5) is 60.8. The first-order valence-electron chi connectivity index (χ1n) is 19.1. The van der Waals surface area contributed by atoms with Gasteiger partial charge in [0.05, 0.1) is 46.7 Å². The Balaban J connectivity index is 1.21. The summed E-state index contributed by atoms with van der Waals surface area (Å²) in [7, 11) is 1.54. The van der Waals surface area contributed by atoms with E-state index in [0.29, 0.717) is 38.9 Å². The highest BCUT2D eigenvalue weighted by Crippen LogP contribution is 2.65. The van der Waals surface area contributed by atoms with Gasteiger partial charge in [0.25, 0.3) is 11.8 Å². The molecule has 0 radical (unpaired) electrons. The molecule has 2 heterocycles. The predicted molar refractivity (Wildman–Crippen MR) is 231 cm³/mol. The Labute approximate surface area is 363 Å². The van der Waals surface area contributed by atoms with Crippen LogP contribution in [0, 0.1) is 27.2 Å². The number of methoxy groups -OCH3 is 1. The SMILES string of the molecule is COc1ccc(C23C(=O)N(Nc4ccc(Cl)cc4Cl)C(=O)C2CC2C(=CCC4C(=O)N(c5ccc(I)cc5)C(=O)C42)C3c2ccc(OCc3ccccc3)cc2O)cc1. The third kappa shape index (κ3) is 6.45. The van der Waals surface area contributed by atoms with Crippen molar-refractivity contribution in [2.75, 3.05) is 17.4 Å². The van der Waals surface area contributed by atoms with E-state index >= 15 is 9.59 Å². The van der Waals surface area contributed by atoms with E-state index in [1.54, 1.807) is 60.7 Å². The lowest BCUT2D eigenvalue weighted by Gasteiger charge is -2.50. The molecule has 9 rings (SSSR count). The van der Waals surface area contributed by atoms with E-state index < -0.39 is 46.8 Å². The van der Waals surface area contributed by atoms with Crippen LogP contribution in [-0.4, -0.2) is 40.9 Å². The number of imide groups is 2. The fourth-order valence-electron chi connectivity index (χ4n) is 9.63. The number of rotatable bonds is 9. The molecule has 0 bridgehead atoms. The second-order valence-electron chi connectivity index (χ2n) is 15.2. The van der Waals surface area contributed by atoms with Crippen molar-refractivity contribution in [1.82, 2.24) is 5.01 Å². The molecule has 6 unspecified atom stereocenters. The number of allylic oxidation sites excluding steroid dienone is 2. The largest absolute Gasteiger partial charge is 0.508 e. The molecule has 298 valence electrons. The molecular weight excluding hydrogens is 904 g/mol. The van der Waals surface area contributed by atoms with Crippen LogP contribution in [0.3, 0.4) is 0 Å². The van der Waals surface area contributed by atoms with Gasteiger partial charge in [0.1, 0.15) is 23.9 Å². The average molecular weight is 941 g/mol. The van der Waals surface area contributed by atoms with Crippen molar-refractivity contribution in [2.24, 2.45) is 23.7 Å². The van der Waals surface area contributed by atoms with Crippen molar-refractivity contribution < 1.29 is 33.8 Å². The lowest BCUT2D eigenvalue weighted by Crippen LogP contribution is -2.53. The summed E-state index contributed by atoms with van der Waals surface area (Å²) >= 11 is 15.0. The van der Waals surface area contributed by atoms with Gasteiger partial charge in [-0.1, -0.05) is 83.4 Å². The van der Waals surface area contributed by atoms with Crippen molar-refractivity contribution in [3.05, 3.63) is 157 Å². The Bertz CT molecular complexity index is 2550. The van der Waals surface area contributed by atoms with Crippen LogP contribution in [0.1, 0.15) is 35.4 Å². The van der Waals surface area contributed by atoms with Gasteiger partial charge in [-0.25, -0.2) is 0 Å². The maximum absolute atomic E-state index is 15.6. The molecule has 0 spiro atoms. The van der Waals surface area contributed by atoms with Gasteiger partial charge in [-0.2, -0.15) is 5.01 Å². The van der Waals surface area contributed by atoms with Gasteiger partial charge in [-0.3, -0.25) is 29.5 Å². The highest BCUT2D eigenvalue weighted by molar-refractivity contribution is 14.1. The fraction of sp³-hybridized carbons (Fsp3) is 0.217. The highest BCUT2D eigenvalue weighted by atomic mass is 127. The number of nitrogens with zero attached hydrogens (tertiary/aromatic N) is 2. The number of anilines is 2. The molecule has 4 amide bonds. The minimum Gasteiger partial charge on any atom is -0.508 e. The molecule has 0 aromatic heterocycles. The zero-order valence-electron chi connectivity index (χ0n) is 31.5. The summed E-state index contributed by atoms with van der Waals surface area (Å²) < 4.78 is 12.5. The number of aromatic hydroxyl groups is 1. The van der Waals surface area contributed by atoms with Gasteiger partial charge in [0, 0.05) is 26.1 Å². The molecule has 10 nitrogen and oxygen atoms in total. The fourth-order valence-corrected chi connectivity index (χ4v) is 10.4. The third-order valence-electron chi connectivity index (χ3n) is 12.2. The zero-order chi connectivity index (χ0) is 41.2. The number of fused-ring (bicyclic) bond motifs is 4. The van der Waals surface area contributed by atoms with Crippen molar-refractivity contribution in [3.63, 3.8) is 0 Å². The van der Waals surface area contributed by atoms with Crippen LogP contribution in [-0.2, 0) is 31.2 Å². The summed E-state index contributed by atoms with van der Waals surface area (Å²) in [6, 6.07) is 33.5. The Morgan fingerprint density at radius 2 is 1.56 bits per heavy atom. The number of hydrazine groups is 1. The molecular formula is C46H36Cl2IN3O7. The molecule has 2 saturated heterocycles. The maximum Gasteiger partial charge on any atom is 0.260 e. The Kier molecular flexibility index (Phi) is 10.2. The molecule has 1 saturated carbocycles. The quantitative estimate of drug-likeness (QED) is 0.0853. The molecule has 2 N–H and O–H groups in total. The lowest BCUT2D eigenvalue weighted by molar-refractivity contribution is -0.138. The van der Waals surface area contributed by atoms with Crippen molar-refractivity contribution in [2.45, 2.75) is 30.8 Å². The van der Waals surface area contributed by atoms with E-state index in [1.807, 2.05) is 48.5 Å². The number of hydrogen-bond donors (Lipinski definition) is 2. The van der Waals surface area contributed by atoms with Gasteiger partial charge in [-0.15, -0.1) is 0 Å². The van der Waals surface area contributed by atoms with Crippen LogP contribution >= 0.6 is 45.8 Å². The van der Waals surface area contributed by atoms with Crippen molar-refractivity contribution >= 4 is 80.8 Å². The number of ether oxygens (including phenoxy) is 2. The normalized spacial score (nSPS) is 24.7. The van der Waals surface area contributed by atoms with Crippen LogP contribution in [0.2, 0.25) is 10.0 Å². The third-order valence-corrected chi connectivity index (χ3v) is 13.5. The number of carbonyl (C=O) groups excluding carboxylic acids is 4. The van der Waals surface area contributed by atoms with E-state index in [2.05, 4.69) is 28.0 Å². The Morgan fingerprint density at radius 3 is 2.25 bits per heavy atom. The standard InChI is InChI=1S/C46H36Cl2IN3O7/c1-58-30-14-7-26(8-15-30)46-36(43(55)52(45(46)57)50-38-20-9-27(47)21-37(38)48)23-35-32(18-19-34-40(35)44(56)51(42(34)54)29-12-10-28(49)11-13-29)41(46)33-17-16-31(22-39(33)53)59-24-25-5-3-2-4-6-25/h2-18,20-22,34-36,40-41,50,53H,19,23-24H2,1H3. The summed E-state index contributed by atoms with van der Waals surface area (Å²) in [5.41, 5.74) is 4.63. The topological polar surface area (TPSA) is 125 Å². The van der Waals surface area contributed by atoms with Crippen molar-refractivity contribution in [1.29, 1.82) is 0 Å². The average Bonchev–Trinajstić information content (AvgIpc) is 3.62. The number of phenolic OH excluding ortho intramolecular Hbond substituents is 1. The minimum absolute atomic E-state index is 0.0746. The summed E-state index contributed by atoms with van der Waals surface area (Å²) in [5, 5.41) is 13.7. The number of hydrogen-bond acceptors (Lipinski definition) is 8. The summed E-state index contributed by atoms with van der Waals surface area (Å²) in [6.07, 6.45) is 2.25. The number of nitrogens with one attached hydrogen (secondary N) is 1. The van der Waals surface area contributed by atoms with E-state index in [0.717, 1.165) is 14.1 Å². The predicted octanol–water partition coefficient (Wildman–Crippen LogP) is 9.08. The summed E-state index contributed by atoms with van der Waals surface area (Å²) in [6.45, 7) is 0.255. The van der Waals surface area contributed by atoms with Crippen LogP contribution in [0.25, 0.3) is 0 Å². The van der Waals surface area contributed by atoms with Gasteiger partial charge >= 0.3 is 0 Å². The molecule has 6 atom stereocenters. The maximum atomic E-state index is 15.6. The molecule has 2 aliphatic heterocycles. The molecule has 4 aliphatic rings. The first-order chi connectivity index (χ1) is 28.5. The number of benzene rings is 5. The number of carbonyl (C=O) groups is 4. The van der Waals surface area contributed by atoms with Crippen molar-refractivity contribution in [3.8, 4) is 17.2 Å². The lowest BCUT2D eigenvalue weighted by atomic mass is 9.49. The smallest absolute Gasteiger partial charge is 0.260 e. The molecule has 59 heavy (non-hydrogen) atoms. The molecule has 3 fully saturated rings.